The lowest BCUT2D eigenvalue weighted by Crippen LogP contribution is -2.16. The molecule has 0 aliphatic carbocycles. The topological polar surface area (TPSA) is 108 Å². The molecule has 0 unspecified atom stereocenters. The number of hydrogen-bond acceptors (Lipinski definition) is 4. The Morgan fingerprint density at radius 1 is 1.45 bits per heavy atom. The van der Waals surface area contributed by atoms with Gasteiger partial charge in [0.05, 0.1) is 11.4 Å². The second kappa shape index (κ2) is 2.45. The van der Waals surface area contributed by atoms with Crippen molar-refractivity contribution >= 4 is 17.3 Å². The number of anilines is 2. The minimum Gasteiger partial charge on any atom is -0.397 e. The summed E-state index contributed by atoms with van der Waals surface area (Å²) in [5.74, 6) is -0.671. The van der Waals surface area contributed by atoms with Gasteiger partial charge in [0, 0.05) is 6.20 Å². The Hall–Kier alpha value is -1.78. The van der Waals surface area contributed by atoms with E-state index in [-0.39, 0.29) is 11.4 Å². The fourth-order valence-electron chi connectivity index (χ4n) is 0.684. The summed E-state index contributed by atoms with van der Waals surface area (Å²) in [6, 6.07) is 1.50. The van der Waals surface area contributed by atoms with Crippen LogP contribution in [0, 0.1) is 0 Å². The second-order valence-electron chi connectivity index (χ2n) is 2.03. The highest BCUT2D eigenvalue weighted by atomic mass is 16.1. The Balaban J connectivity index is 3.27. The molecular formula is C6H8N4O. The molecule has 0 aliphatic rings. The summed E-state index contributed by atoms with van der Waals surface area (Å²) in [6.45, 7) is 0. The number of carbonyl (C=O) groups excluding carboxylic acids is 1. The molecule has 0 aromatic carbocycles. The van der Waals surface area contributed by atoms with E-state index in [9.17, 15) is 4.79 Å². The largest absolute Gasteiger partial charge is 0.397 e. The molecular weight excluding hydrogens is 144 g/mol. The molecule has 58 valence electrons. The molecule has 0 saturated carbocycles. The lowest BCUT2D eigenvalue weighted by molar-refractivity contribution is 0.0996. The van der Waals surface area contributed by atoms with Gasteiger partial charge in [-0.3, -0.25) is 4.79 Å². The van der Waals surface area contributed by atoms with Gasteiger partial charge in [0.1, 0.15) is 0 Å². The highest BCUT2D eigenvalue weighted by Crippen LogP contribution is 2.15. The zero-order valence-electron chi connectivity index (χ0n) is 5.74. The summed E-state index contributed by atoms with van der Waals surface area (Å²) in [5.41, 5.74) is 16.2. The number of rotatable bonds is 1. The normalized spacial score (nSPS) is 9.45. The van der Waals surface area contributed by atoms with Gasteiger partial charge >= 0.3 is 0 Å². The lowest BCUT2D eigenvalue weighted by Gasteiger charge is -2.01. The Morgan fingerprint density at radius 2 is 2.09 bits per heavy atom. The van der Waals surface area contributed by atoms with Crippen LogP contribution in [0.25, 0.3) is 0 Å². The van der Waals surface area contributed by atoms with Crippen LogP contribution in [0.15, 0.2) is 12.3 Å². The predicted octanol–water partition coefficient (Wildman–Crippen LogP) is -0.655. The van der Waals surface area contributed by atoms with Crippen molar-refractivity contribution in [3.63, 3.8) is 0 Å². The van der Waals surface area contributed by atoms with E-state index in [2.05, 4.69) is 4.98 Å². The molecule has 1 aromatic rings. The van der Waals surface area contributed by atoms with E-state index in [1.54, 1.807) is 0 Å². The first-order chi connectivity index (χ1) is 5.13. The first-order valence-corrected chi connectivity index (χ1v) is 2.92. The number of nitrogen functional groups attached to an aromatic ring is 2. The molecule has 6 N–H and O–H groups in total. The highest BCUT2D eigenvalue weighted by molar-refractivity contribution is 5.98. The number of hydrogen-bond donors (Lipinski definition) is 3. The van der Waals surface area contributed by atoms with E-state index in [1.807, 2.05) is 0 Å². The average molecular weight is 152 g/mol. The van der Waals surface area contributed by atoms with Crippen LogP contribution in [-0.4, -0.2) is 10.9 Å². The predicted molar refractivity (Wildman–Crippen MR) is 41.6 cm³/mol. The number of amides is 1. The first kappa shape index (κ1) is 7.33. The van der Waals surface area contributed by atoms with E-state index in [0.717, 1.165) is 0 Å². The summed E-state index contributed by atoms with van der Waals surface area (Å²) in [6.07, 6.45) is 1.38. The van der Waals surface area contributed by atoms with Crippen LogP contribution >= 0.6 is 0 Å². The number of carbonyl (C=O) groups is 1. The molecule has 0 bridgehead atoms. The Kier molecular flexibility index (Phi) is 1.63. The maximum absolute atomic E-state index is 10.6. The molecule has 0 aliphatic heterocycles. The van der Waals surface area contributed by atoms with Gasteiger partial charge in [-0.2, -0.15) is 0 Å². The summed E-state index contributed by atoms with van der Waals surface area (Å²) in [4.78, 5) is 14.3. The van der Waals surface area contributed by atoms with Gasteiger partial charge in [-0.1, -0.05) is 0 Å². The van der Waals surface area contributed by atoms with Gasteiger partial charge in [-0.05, 0) is 6.07 Å². The van der Waals surface area contributed by atoms with Gasteiger partial charge in [0.2, 0.25) is 0 Å². The highest BCUT2D eigenvalue weighted by Gasteiger charge is 2.08. The number of pyridine rings is 1. The maximum atomic E-state index is 10.6. The number of aromatic nitrogens is 1. The number of nitrogens with zero attached hydrogens (tertiary/aromatic N) is 1. The Labute approximate surface area is 63.2 Å². The number of nitrogens with two attached hydrogens (primary N) is 3. The van der Waals surface area contributed by atoms with Crippen molar-refractivity contribution < 1.29 is 4.79 Å². The third-order valence-electron chi connectivity index (χ3n) is 1.26. The van der Waals surface area contributed by atoms with Gasteiger partial charge in [0.25, 0.3) is 5.91 Å². The van der Waals surface area contributed by atoms with Crippen molar-refractivity contribution in [2.75, 3.05) is 11.5 Å². The zero-order chi connectivity index (χ0) is 8.43. The zero-order valence-corrected chi connectivity index (χ0v) is 5.74. The van der Waals surface area contributed by atoms with E-state index in [4.69, 9.17) is 17.2 Å². The van der Waals surface area contributed by atoms with Crippen LogP contribution in [0.3, 0.4) is 0 Å². The van der Waals surface area contributed by atoms with Gasteiger partial charge in [-0.25, -0.2) is 4.98 Å². The van der Waals surface area contributed by atoms with Crippen molar-refractivity contribution in [3.8, 4) is 0 Å². The molecule has 11 heavy (non-hydrogen) atoms. The van der Waals surface area contributed by atoms with Crippen LogP contribution in [0.5, 0.6) is 0 Å². The second-order valence-corrected chi connectivity index (χ2v) is 2.03. The Bertz CT molecular complexity index is 297. The monoisotopic (exact) mass is 152 g/mol. The summed E-state index contributed by atoms with van der Waals surface area (Å²) in [7, 11) is 0. The smallest absolute Gasteiger partial charge is 0.269 e. The van der Waals surface area contributed by atoms with Crippen molar-refractivity contribution in [2.24, 2.45) is 5.73 Å². The fourth-order valence-corrected chi connectivity index (χ4v) is 0.684. The standard InChI is InChI=1S/C6H8N4O/c7-3-1-2-10-5(4(3)8)6(9)11/h1-2H,8H2,(H2,7,10)(H2,9,11). The maximum Gasteiger partial charge on any atom is 0.269 e. The van der Waals surface area contributed by atoms with Crippen LogP contribution < -0.4 is 17.2 Å². The van der Waals surface area contributed by atoms with Crippen LogP contribution in [0.4, 0.5) is 11.4 Å². The van der Waals surface area contributed by atoms with Crippen LogP contribution in [0.1, 0.15) is 10.5 Å². The lowest BCUT2D eigenvalue weighted by atomic mass is 10.2. The summed E-state index contributed by atoms with van der Waals surface area (Å²) < 4.78 is 0. The van der Waals surface area contributed by atoms with Crippen molar-refractivity contribution in [1.82, 2.24) is 4.98 Å². The average Bonchev–Trinajstić information content (AvgIpc) is 1.94. The van der Waals surface area contributed by atoms with Crippen molar-refractivity contribution in [1.29, 1.82) is 0 Å². The molecule has 5 nitrogen and oxygen atoms in total. The molecule has 1 heterocycles. The van der Waals surface area contributed by atoms with Crippen molar-refractivity contribution in [2.45, 2.75) is 0 Å². The summed E-state index contributed by atoms with van der Waals surface area (Å²) in [5, 5.41) is 0. The molecule has 0 fully saturated rings. The van der Waals surface area contributed by atoms with E-state index in [1.165, 1.54) is 12.3 Å². The minimum absolute atomic E-state index is 0.0185. The Morgan fingerprint density at radius 3 is 2.55 bits per heavy atom. The van der Waals surface area contributed by atoms with Crippen LogP contribution in [-0.2, 0) is 0 Å². The molecule has 0 spiro atoms. The fraction of sp³-hybridized carbons (Fsp3) is 0. The molecule has 5 heteroatoms. The third kappa shape index (κ3) is 1.21. The van der Waals surface area contributed by atoms with Gasteiger partial charge in [-0.15, -0.1) is 0 Å². The minimum atomic E-state index is -0.671. The van der Waals surface area contributed by atoms with Gasteiger partial charge in [0.15, 0.2) is 5.69 Å². The first-order valence-electron chi connectivity index (χ1n) is 2.92. The number of primary amides is 1. The van der Waals surface area contributed by atoms with Gasteiger partial charge < -0.3 is 17.2 Å². The molecule has 0 saturated heterocycles. The SMILES string of the molecule is NC(=O)c1nccc(N)c1N. The summed E-state index contributed by atoms with van der Waals surface area (Å²) >= 11 is 0. The van der Waals surface area contributed by atoms with E-state index >= 15 is 0 Å². The van der Waals surface area contributed by atoms with E-state index < -0.39 is 5.91 Å². The quantitative estimate of drug-likeness (QED) is 0.496. The third-order valence-corrected chi connectivity index (χ3v) is 1.26. The molecule has 1 aromatic heterocycles. The van der Waals surface area contributed by atoms with Crippen LogP contribution in [0.2, 0.25) is 0 Å². The molecule has 0 radical (unpaired) electrons. The van der Waals surface area contributed by atoms with E-state index in [0.29, 0.717) is 5.69 Å². The van der Waals surface area contributed by atoms with Crippen molar-refractivity contribution in [3.05, 3.63) is 18.0 Å². The molecule has 0 atom stereocenters. The molecule has 1 amide bonds. The molecule has 1 rings (SSSR count).